The van der Waals surface area contributed by atoms with Crippen molar-refractivity contribution in [2.24, 2.45) is 0 Å². The van der Waals surface area contributed by atoms with Crippen LogP contribution in [0, 0.1) is 12.3 Å². The van der Waals surface area contributed by atoms with Crippen LogP contribution in [0.2, 0.25) is 0 Å². The van der Waals surface area contributed by atoms with Gasteiger partial charge >= 0.3 is 0 Å². The maximum atomic E-state index is 12.1. The monoisotopic (exact) mass is 245 g/mol. The van der Waals surface area contributed by atoms with Crippen LogP contribution in [0.5, 0.6) is 0 Å². The van der Waals surface area contributed by atoms with Crippen LogP contribution in [-0.2, 0) is 4.79 Å². The van der Waals surface area contributed by atoms with E-state index in [2.05, 4.69) is 10.6 Å². The largest absolute Gasteiger partial charge is 0.391 e. The highest BCUT2D eigenvalue weighted by atomic mass is 16.1. The standard InChI is InChI=1S/C14H19N3O/c1-9-6-5-7-12(8-9)17-14(18)13(10(2)15)11(3)16-4/h5-8,15-16H,1-4H3,(H,17,18)/b13-11+,15-10?. The highest BCUT2D eigenvalue weighted by Crippen LogP contribution is 2.12. The summed E-state index contributed by atoms with van der Waals surface area (Å²) in [5.74, 6) is -0.264. The Bertz CT molecular complexity index is 504. The van der Waals surface area contributed by atoms with Crippen molar-refractivity contribution < 1.29 is 4.79 Å². The van der Waals surface area contributed by atoms with Gasteiger partial charge in [0.15, 0.2) is 0 Å². The molecule has 4 nitrogen and oxygen atoms in total. The fourth-order valence-corrected chi connectivity index (χ4v) is 1.66. The first-order valence-electron chi connectivity index (χ1n) is 5.78. The zero-order valence-electron chi connectivity index (χ0n) is 11.2. The summed E-state index contributed by atoms with van der Waals surface area (Å²) in [6, 6.07) is 7.57. The maximum absolute atomic E-state index is 12.1. The molecule has 1 aromatic carbocycles. The molecule has 1 aromatic rings. The topological polar surface area (TPSA) is 65.0 Å². The summed E-state index contributed by atoms with van der Waals surface area (Å²) in [4.78, 5) is 12.1. The number of hydrogen-bond donors (Lipinski definition) is 3. The first-order valence-corrected chi connectivity index (χ1v) is 5.78. The SMILES string of the molecule is CN/C(C)=C(\C(C)=N)C(=O)Nc1cccc(C)c1. The quantitative estimate of drug-likeness (QED) is 0.563. The molecule has 0 saturated heterocycles. The van der Waals surface area contributed by atoms with Crippen LogP contribution in [0.15, 0.2) is 35.5 Å². The number of carbonyl (C=O) groups is 1. The Morgan fingerprint density at radius 1 is 1.28 bits per heavy atom. The summed E-state index contributed by atoms with van der Waals surface area (Å²) < 4.78 is 0. The second-order valence-electron chi connectivity index (χ2n) is 4.20. The van der Waals surface area contributed by atoms with E-state index in [4.69, 9.17) is 5.41 Å². The van der Waals surface area contributed by atoms with Crippen molar-refractivity contribution in [3.63, 3.8) is 0 Å². The van der Waals surface area contributed by atoms with Crippen LogP contribution >= 0.6 is 0 Å². The molecule has 0 aliphatic heterocycles. The van der Waals surface area contributed by atoms with Crippen molar-refractivity contribution in [1.29, 1.82) is 5.41 Å². The van der Waals surface area contributed by atoms with Crippen molar-refractivity contribution in [2.45, 2.75) is 20.8 Å². The second kappa shape index (κ2) is 6.00. The van der Waals surface area contributed by atoms with Gasteiger partial charge in [-0.25, -0.2) is 0 Å². The average Bonchev–Trinajstić information content (AvgIpc) is 2.28. The molecule has 0 bridgehead atoms. The first kappa shape index (κ1) is 14.0. The van der Waals surface area contributed by atoms with Crippen LogP contribution in [0.25, 0.3) is 0 Å². The smallest absolute Gasteiger partial charge is 0.259 e. The summed E-state index contributed by atoms with van der Waals surface area (Å²) in [7, 11) is 1.73. The van der Waals surface area contributed by atoms with Crippen LogP contribution in [-0.4, -0.2) is 18.7 Å². The summed E-state index contributed by atoms with van der Waals surface area (Å²) >= 11 is 0. The predicted octanol–water partition coefficient (Wildman–Crippen LogP) is 2.47. The van der Waals surface area contributed by atoms with E-state index < -0.39 is 0 Å². The van der Waals surface area contributed by atoms with Gasteiger partial charge in [0.25, 0.3) is 5.91 Å². The minimum Gasteiger partial charge on any atom is -0.391 e. The van der Waals surface area contributed by atoms with Gasteiger partial charge in [0.1, 0.15) is 0 Å². The van der Waals surface area contributed by atoms with Crippen LogP contribution in [0.4, 0.5) is 5.69 Å². The molecular formula is C14H19N3O. The van der Waals surface area contributed by atoms with Crippen LogP contribution in [0.3, 0.4) is 0 Å². The molecule has 96 valence electrons. The number of aryl methyl sites for hydroxylation is 1. The summed E-state index contributed by atoms with van der Waals surface area (Å²) in [5, 5.41) is 13.4. The average molecular weight is 245 g/mol. The Labute approximate surface area is 108 Å². The van der Waals surface area contributed by atoms with Crippen molar-refractivity contribution in [1.82, 2.24) is 5.32 Å². The van der Waals surface area contributed by atoms with Gasteiger partial charge in [-0.1, -0.05) is 12.1 Å². The van der Waals surface area contributed by atoms with E-state index in [1.807, 2.05) is 31.2 Å². The molecule has 1 amide bonds. The molecule has 0 aromatic heterocycles. The summed E-state index contributed by atoms with van der Waals surface area (Å²) in [5.41, 5.74) is 3.12. The normalized spacial score (nSPS) is 11.6. The lowest BCUT2D eigenvalue weighted by molar-refractivity contribution is -0.112. The first-order chi connectivity index (χ1) is 8.45. The Balaban J connectivity index is 2.97. The van der Waals surface area contributed by atoms with Gasteiger partial charge in [-0.2, -0.15) is 0 Å². The van der Waals surface area contributed by atoms with Crippen LogP contribution in [0.1, 0.15) is 19.4 Å². The number of nitrogens with one attached hydrogen (secondary N) is 3. The summed E-state index contributed by atoms with van der Waals surface area (Å²) in [6.07, 6.45) is 0. The Morgan fingerprint density at radius 3 is 2.44 bits per heavy atom. The molecule has 0 aliphatic rings. The number of benzene rings is 1. The van der Waals surface area contributed by atoms with E-state index in [-0.39, 0.29) is 11.6 Å². The van der Waals surface area contributed by atoms with Gasteiger partial charge in [0.2, 0.25) is 0 Å². The van der Waals surface area contributed by atoms with Gasteiger partial charge < -0.3 is 16.0 Å². The lowest BCUT2D eigenvalue weighted by Crippen LogP contribution is -2.23. The number of anilines is 1. The van der Waals surface area contributed by atoms with E-state index in [9.17, 15) is 4.79 Å². The molecule has 0 spiro atoms. The molecular weight excluding hydrogens is 226 g/mol. The van der Waals surface area contributed by atoms with Crippen molar-refractivity contribution in [2.75, 3.05) is 12.4 Å². The lowest BCUT2D eigenvalue weighted by atomic mass is 10.1. The van der Waals surface area contributed by atoms with E-state index in [1.54, 1.807) is 20.9 Å². The predicted molar refractivity (Wildman–Crippen MR) is 75.0 cm³/mol. The van der Waals surface area contributed by atoms with Crippen molar-refractivity contribution in [3.8, 4) is 0 Å². The minimum absolute atomic E-state index is 0.243. The third-order valence-electron chi connectivity index (χ3n) is 2.63. The second-order valence-corrected chi connectivity index (χ2v) is 4.20. The third kappa shape index (κ3) is 3.45. The number of carbonyl (C=O) groups excluding carboxylic acids is 1. The Hall–Kier alpha value is -2.10. The van der Waals surface area contributed by atoms with Gasteiger partial charge in [-0.3, -0.25) is 4.79 Å². The molecule has 0 radical (unpaired) electrons. The number of hydrogen-bond acceptors (Lipinski definition) is 3. The van der Waals surface area contributed by atoms with Gasteiger partial charge in [-0.15, -0.1) is 0 Å². The van der Waals surface area contributed by atoms with Crippen LogP contribution < -0.4 is 10.6 Å². The molecule has 0 fully saturated rings. The molecule has 0 saturated carbocycles. The fourth-order valence-electron chi connectivity index (χ4n) is 1.66. The van der Waals surface area contributed by atoms with E-state index in [1.165, 1.54) is 0 Å². The molecule has 4 heteroatoms. The number of rotatable bonds is 4. The highest BCUT2D eigenvalue weighted by Gasteiger charge is 2.15. The molecule has 0 unspecified atom stereocenters. The highest BCUT2D eigenvalue weighted by molar-refractivity contribution is 6.24. The number of amides is 1. The minimum atomic E-state index is -0.264. The molecule has 0 heterocycles. The van der Waals surface area contributed by atoms with Gasteiger partial charge in [0, 0.05) is 24.1 Å². The zero-order valence-corrected chi connectivity index (χ0v) is 11.2. The molecule has 3 N–H and O–H groups in total. The molecule has 18 heavy (non-hydrogen) atoms. The van der Waals surface area contributed by atoms with Gasteiger partial charge in [0.05, 0.1) is 5.57 Å². The van der Waals surface area contributed by atoms with E-state index in [0.29, 0.717) is 11.3 Å². The summed E-state index contributed by atoms with van der Waals surface area (Å²) in [6.45, 7) is 5.35. The lowest BCUT2D eigenvalue weighted by Gasteiger charge is -2.11. The van der Waals surface area contributed by atoms with Gasteiger partial charge in [-0.05, 0) is 38.5 Å². The Kier molecular flexibility index (Phi) is 4.66. The van der Waals surface area contributed by atoms with Crippen molar-refractivity contribution in [3.05, 3.63) is 41.1 Å². The molecule has 1 rings (SSSR count). The number of allylic oxidation sites excluding steroid dienone is 1. The van der Waals surface area contributed by atoms with E-state index >= 15 is 0 Å². The maximum Gasteiger partial charge on any atom is 0.259 e. The zero-order chi connectivity index (χ0) is 13.7. The van der Waals surface area contributed by atoms with Crippen molar-refractivity contribution >= 4 is 17.3 Å². The Morgan fingerprint density at radius 2 is 1.94 bits per heavy atom. The molecule has 0 atom stereocenters. The van der Waals surface area contributed by atoms with E-state index in [0.717, 1.165) is 11.3 Å². The molecule has 0 aliphatic carbocycles. The third-order valence-corrected chi connectivity index (χ3v) is 2.63. The fraction of sp³-hybridized carbons (Fsp3) is 0.286.